The van der Waals surface area contributed by atoms with Crippen molar-refractivity contribution in [3.63, 3.8) is 0 Å². The average molecular weight is 246 g/mol. The smallest absolute Gasteiger partial charge is 0.135 e. The Hall–Kier alpha value is -0.760. The quantitative estimate of drug-likeness (QED) is 0.785. The van der Waals surface area contributed by atoms with Crippen molar-refractivity contribution in [2.75, 3.05) is 0 Å². The predicted octanol–water partition coefficient (Wildman–Crippen LogP) is 3.85. The molecule has 1 aliphatic heterocycles. The van der Waals surface area contributed by atoms with Gasteiger partial charge in [-0.1, -0.05) is 18.2 Å². The molecule has 0 aromatic heterocycles. The molecule has 0 N–H and O–H groups in total. The zero-order valence-electron chi connectivity index (χ0n) is 10.0. The minimum Gasteiger partial charge on any atom is -0.299 e. The van der Waals surface area contributed by atoms with E-state index in [0.717, 1.165) is 25.7 Å². The Labute approximate surface area is 107 Å². The zero-order chi connectivity index (χ0) is 11.7. The molecule has 1 aliphatic carbocycles. The predicted molar refractivity (Wildman–Crippen MR) is 71.4 cm³/mol. The molecule has 2 heteroatoms. The average Bonchev–Trinajstić information content (AvgIpc) is 3.09. The Morgan fingerprint density at radius 3 is 2.88 bits per heavy atom. The minimum atomic E-state index is 0.448. The van der Waals surface area contributed by atoms with Gasteiger partial charge in [-0.3, -0.25) is 4.79 Å². The number of ketones is 1. The molecule has 1 atom stereocenters. The lowest BCUT2D eigenvalue weighted by atomic mass is 10.0. The summed E-state index contributed by atoms with van der Waals surface area (Å²) in [6, 6.07) is 8.69. The number of hydrogen-bond acceptors (Lipinski definition) is 2. The van der Waals surface area contributed by atoms with E-state index in [9.17, 15) is 4.79 Å². The largest absolute Gasteiger partial charge is 0.299 e. The molecule has 1 aromatic carbocycles. The number of carbonyl (C=O) groups is 1. The molecule has 0 radical (unpaired) electrons. The lowest BCUT2D eigenvalue weighted by Gasteiger charge is -2.07. The van der Waals surface area contributed by atoms with Gasteiger partial charge < -0.3 is 0 Å². The first-order valence-electron chi connectivity index (χ1n) is 6.60. The Balaban J connectivity index is 1.44. The number of carbonyl (C=O) groups excluding carboxylic acids is 1. The minimum absolute atomic E-state index is 0.448. The number of fused-ring (bicyclic) bond motifs is 1. The SMILES string of the molecule is O=C(CCCC1Cc2ccccc2S1)C1CC1. The van der Waals surface area contributed by atoms with Crippen molar-refractivity contribution in [2.45, 2.75) is 48.7 Å². The molecule has 0 spiro atoms. The van der Waals surface area contributed by atoms with E-state index in [-0.39, 0.29) is 0 Å². The number of rotatable bonds is 5. The first-order valence-corrected chi connectivity index (χ1v) is 7.48. The normalized spacial score (nSPS) is 22.5. The summed E-state index contributed by atoms with van der Waals surface area (Å²) < 4.78 is 0. The maximum Gasteiger partial charge on any atom is 0.135 e. The Morgan fingerprint density at radius 2 is 2.12 bits per heavy atom. The number of hydrogen-bond donors (Lipinski definition) is 0. The van der Waals surface area contributed by atoms with Gasteiger partial charge in [0.2, 0.25) is 0 Å². The van der Waals surface area contributed by atoms with Crippen molar-refractivity contribution < 1.29 is 4.79 Å². The van der Waals surface area contributed by atoms with E-state index >= 15 is 0 Å². The Bertz CT molecular complexity index is 398. The maximum atomic E-state index is 11.6. The second-order valence-corrected chi connectivity index (χ2v) is 6.53. The number of Topliss-reactive ketones (excluding diaryl/α,β-unsaturated/α-hetero) is 1. The van der Waals surface area contributed by atoms with Crippen LogP contribution in [-0.2, 0) is 11.2 Å². The van der Waals surface area contributed by atoms with Crippen molar-refractivity contribution in [2.24, 2.45) is 5.92 Å². The second-order valence-electron chi connectivity index (χ2n) is 5.18. The summed E-state index contributed by atoms with van der Waals surface area (Å²) >= 11 is 2.00. The molecule has 1 aromatic rings. The van der Waals surface area contributed by atoms with Crippen LogP contribution in [-0.4, -0.2) is 11.0 Å². The summed E-state index contributed by atoms with van der Waals surface area (Å²) in [6.07, 6.45) is 6.60. The fourth-order valence-electron chi connectivity index (χ4n) is 2.53. The van der Waals surface area contributed by atoms with Crippen molar-refractivity contribution in [3.8, 4) is 0 Å². The van der Waals surface area contributed by atoms with Crippen LogP contribution < -0.4 is 0 Å². The van der Waals surface area contributed by atoms with Crippen LogP contribution in [0.15, 0.2) is 29.2 Å². The molecule has 1 saturated carbocycles. The monoisotopic (exact) mass is 246 g/mol. The first-order chi connectivity index (χ1) is 8.33. The van der Waals surface area contributed by atoms with Crippen molar-refractivity contribution in [1.82, 2.24) is 0 Å². The van der Waals surface area contributed by atoms with E-state index in [0.29, 0.717) is 17.0 Å². The van der Waals surface area contributed by atoms with Crippen molar-refractivity contribution in [3.05, 3.63) is 29.8 Å². The number of thioether (sulfide) groups is 1. The molecule has 0 bridgehead atoms. The highest BCUT2D eigenvalue weighted by molar-refractivity contribution is 8.00. The summed E-state index contributed by atoms with van der Waals surface area (Å²) in [5.41, 5.74) is 1.50. The van der Waals surface area contributed by atoms with Gasteiger partial charge in [0.15, 0.2) is 0 Å². The molecule has 90 valence electrons. The van der Waals surface area contributed by atoms with Gasteiger partial charge in [-0.25, -0.2) is 0 Å². The van der Waals surface area contributed by atoms with Gasteiger partial charge in [-0.05, 0) is 43.7 Å². The summed E-state index contributed by atoms with van der Waals surface area (Å²) in [4.78, 5) is 13.0. The Kier molecular flexibility index (Phi) is 3.24. The van der Waals surface area contributed by atoms with E-state index in [1.807, 2.05) is 11.8 Å². The van der Waals surface area contributed by atoms with E-state index in [1.54, 1.807) is 0 Å². The van der Waals surface area contributed by atoms with E-state index in [4.69, 9.17) is 0 Å². The van der Waals surface area contributed by atoms with Crippen LogP contribution in [0.4, 0.5) is 0 Å². The molecule has 1 heterocycles. The van der Waals surface area contributed by atoms with Gasteiger partial charge in [0.05, 0.1) is 0 Å². The fraction of sp³-hybridized carbons (Fsp3) is 0.533. The third-order valence-corrected chi connectivity index (χ3v) is 5.08. The summed E-state index contributed by atoms with van der Waals surface area (Å²) in [6.45, 7) is 0. The second kappa shape index (κ2) is 4.85. The van der Waals surface area contributed by atoms with E-state index in [2.05, 4.69) is 24.3 Å². The lowest BCUT2D eigenvalue weighted by Crippen LogP contribution is -2.04. The molecule has 2 aliphatic rings. The fourth-order valence-corrected chi connectivity index (χ4v) is 3.89. The molecular weight excluding hydrogens is 228 g/mol. The van der Waals surface area contributed by atoms with E-state index < -0.39 is 0 Å². The molecule has 3 rings (SSSR count). The highest BCUT2D eigenvalue weighted by Gasteiger charge is 2.29. The Morgan fingerprint density at radius 1 is 1.29 bits per heavy atom. The molecule has 0 amide bonds. The van der Waals surface area contributed by atoms with Crippen LogP contribution in [0.25, 0.3) is 0 Å². The van der Waals surface area contributed by atoms with Crippen LogP contribution in [0.3, 0.4) is 0 Å². The van der Waals surface area contributed by atoms with Crippen LogP contribution in [0, 0.1) is 5.92 Å². The highest BCUT2D eigenvalue weighted by atomic mass is 32.2. The van der Waals surface area contributed by atoms with Gasteiger partial charge in [0, 0.05) is 22.5 Å². The van der Waals surface area contributed by atoms with E-state index in [1.165, 1.54) is 23.3 Å². The maximum absolute atomic E-state index is 11.6. The first kappa shape index (κ1) is 11.3. The third kappa shape index (κ3) is 2.74. The zero-order valence-corrected chi connectivity index (χ0v) is 10.8. The van der Waals surface area contributed by atoms with Crippen LogP contribution >= 0.6 is 11.8 Å². The van der Waals surface area contributed by atoms with Gasteiger partial charge in [0.1, 0.15) is 5.78 Å². The van der Waals surface area contributed by atoms with Gasteiger partial charge in [-0.2, -0.15) is 0 Å². The topological polar surface area (TPSA) is 17.1 Å². The lowest BCUT2D eigenvalue weighted by molar-refractivity contribution is -0.120. The highest BCUT2D eigenvalue weighted by Crippen LogP contribution is 2.39. The molecule has 1 fully saturated rings. The molecule has 0 saturated heterocycles. The molecule has 1 unspecified atom stereocenters. The third-order valence-electron chi connectivity index (χ3n) is 3.70. The summed E-state index contributed by atoms with van der Waals surface area (Å²) in [5, 5.41) is 0.708. The van der Waals surface area contributed by atoms with Crippen molar-refractivity contribution in [1.29, 1.82) is 0 Å². The van der Waals surface area contributed by atoms with Crippen LogP contribution in [0.2, 0.25) is 0 Å². The molecular formula is C15H18OS. The summed E-state index contributed by atoms with van der Waals surface area (Å²) in [5.74, 6) is 0.967. The molecule has 1 nitrogen and oxygen atoms in total. The van der Waals surface area contributed by atoms with Crippen molar-refractivity contribution >= 4 is 17.5 Å². The van der Waals surface area contributed by atoms with Crippen LogP contribution in [0.1, 0.15) is 37.7 Å². The number of benzene rings is 1. The molecule has 17 heavy (non-hydrogen) atoms. The van der Waals surface area contributed by atoms with Gasteiger partial charge in [0.25, 0.3) is 0 Å². The van der Waals surface area contributed by atoms with Gasteiger partial charge in [-0.15, -0.1) is 11.8 Å². The van der Waals surface area contributed by atoms with Crippen LogP contribution in [0.5, 0.6) is 0 Å². The van der Waals surface area contributed by atoms with Gasteiger partial charge >= 0.3 is 0 Å². The summed E-state index contributed by atoms with van der Waals surface area (Å²) in [7, 11) is 0. The standard InChI is InChI=1S/C15H18OS/c16-14(11-8-9-11)6-3-5-13-10-12-4-1-2-7-15(12)17-13/h1-2,4,7,11,13H,3,5-6,8-10H2.